The maximum atomic E-state index is 4.68. The zero-order valence-electron chi connectivity index (χ0n) is 11.0. The first-order valence-electron chi connectivity index (χ1n) is 5.95. The second-order valence-corrected chi connectivity index (χ2v) is 4.46. The van der Waals surface area contributed by atoms with Crippen molar-refractivity contribution in [2.45, 2.75) is 33.2 Å². The highest BCUT2D eigenvalue weighted by Gasteiger charge is 2.08. The average molecular weight is 221 g/mol. The molecule has 0 aromatic carbocycles. The number of hydrogen-bond acceptors (Lipinski definition) is 3. The van der Waals surface area contributed by atoms with Gasteiger partial charge in [-0.1, -0.05) is 13.8 Å². The van der Waals surface area contributed by atoms with Crippen molar-refractivity contribution in [3.63, 3.8) is 0 Å². The van der Waals surface area contributed by atoms with Crippen LogP contribution in [0.25, 0.3) is 0 Å². The summed E-state index contributed by atoms with van der Waals surface area (Å²) in [5, 5.41) is 3.19. The zero-order valence-corrected chi connectivity index (χ0v) is 11.0. The molecule has 90 valence electrons. The van der Waals surface area contributed by atoms with Crippen molar-refractivity contribution in [2.75, 3.05) is 25.5 Å². The number of aromatic nitrogens is 1. The molecule has 0 saturated heterocycles. The van der Waals surface area contributed by atoms with E-state index < -0.39 is 0 Å². The van der Waals surface area contributed by atoms with Crippen LogP contribution in [0.2, 0.25) is 0 Å². The molecule has 1 rings (SSSR count). The highest BCUT2D eigenvalue weighted by molar-refractivity contribution is 5.42. The van der Waals surface area contributed by atoms with Crippen LogP contribution in [0.3, 0.4) is 0 Å². The Balaban J connectivity index is 3.08. The van der Waals surface area contributed by atoms with Gasteiger partial charge in [0.15, 0.2) is 0 Å². The molecule has 1 aromatic rings. The summed E-state index contributed by atoms with van der Waals surface area (Å²) in [7, 11) is 4.05. The smallest absolute Gasteiger partial charge is 0.128 e. The first kappa shape index (κ1) is 13.0. The lowest BCUT2D eigenvalue weighted by molar-refractivity contribution is 0.780. The van der Waals surface area contributed by atoms with Crippen molar-refractivity contribution in [1.29, 1.82) is 0 Å². The van der Waals surface area contributed by atoms with Crippen LogP contribution in [-0.2, 0) is 6.54 Å². The van der Waals surface area contributed by atoms with Crippen molar-refractivity contribution in [3.05, 3.63) is 23.4 Å². The monoisotopic (exact) mass is 221 g/mol. The lowest BCUT2D eigenvalue weighted by Crippen LogP contribution is -2.19. The van der Waals surface area contributed by atoms with Gasteiger partial charge in [-0.2, -0.15) is 0 Å². The number of nitrogens with one attached hydrogen (secondary N) is 1. The van der Waals surface area contributed by atoms with Crippen LogP contribution in [0.1, 0.15) is 37.9 Å². The third kappa shape index (κ3) is 3.20. The van der Waals surface area contributed by atoms with E-state index in [1.165, 1.54) is 11.3 Å². The van der Waals surface area contributed by atoms with E-state index in [2.05, 4.69) is 55.2 Å². The van der Waals surface area contributed by atoms with Gasteiger partial charge in [-0.25, -0.2) is 4.98 Å². The highest BCUT2D eigenvalue weighted by Crippen LogP contribution is 2.19. The van der Waals surface area contributed by atoms with E-state index in [1.807, 2.05) is 7.05 Å². The Morgan fingerprint density at radius 3 is 2.56 bits per heavy atom. The Hall–Kier alpha value is -1.09. The Labute approximate surface area is 98.9 Å². The van der Waals surface area contributed by atoms with Gasteiger partial charge in [0.25, 0.3) is 0 Å². The van der Waals surface area contributed by atoms with E-state index in [-0.39, 0.29) is 0 Å². The van der Waals surface area contributed by atoms with Gasteiger partial charge in [-0.05, 0) is 37.6 Å². The average Bonchev–Trinajstić information content (AvgIpc) is 2.28. The molecule has 0 aliphatic rings. The summed E-state index contributed by atoms with van der Waals surface area (Å²) in [4.78, 5) is 6.86. The lowest BCUT2D eigenvalue weighted by atomic mass is 10.1. The van der Waals surface area contributed by atoms with Crippen molar-refractivity contribution in [1.82, 2.24) is 10.3 Å². The summed E-state index contributed by atoms with van der Waals surface area (Å²) < 4.78 is 0. The summed E-state index contributed by atoms with van der Waals surface area (Å²) in [6.45, 7) is 8.38. The molecule has 0 radical (unpaired) electrons. The Morgan fingerprint density at radius 1 is 1.38 bits per heavy atom. The third-order valence-corrected chi connectivity index (χ3v) is 2.73. The predicted molar refractivity (Wildman–Crippen MR) is 70.0 cm³/mol. The number of rotatable bonds is 5. The molecular weight excluding hydrogens is 198 g/mol. The maximum absolute atomic E-state index is 4.68. The summed E-state index contributed by atoms with van der Waals surface area (Å²) in [5.41, 5.74) is 2.47. The molecular formula is C13H23N3. The van der Waals surface area contributed by atoms with Crippen molar-refractivity contribution >= 4 is 5.82 Å². The third-order valence-electron chi connectivity index (χ3n) is 2.73. The second kappa shape index (κ2) is 5.85. The van der Waals surface area contributed by atoms with Gasteiger partial charge in [0.05, 0.1) is 0 Å². The minimum absolute atomic E-state index is 0.473. The topological polar surface area (TPSA) is 28.2 Å². The first-order valence-corrected chi connectivity index (χ1v) is 5.95. The predicted octanol–water partition coefficient (Wildman–Crippen LogP) is 2.38. The fourth-order valence-corrected chi connectivity index (χ4v) is 1.55. The van der Waals surface area contributed by atoms with Gasteiger partial charge in [0.1, 0.15) is 5.82 Å². The summed E-state index contributed by atoms with van der Waals surface area (Å²) >= 11 is 0. The van der Waals surface area contributed by atoms with E-state index >= 15 is 0 Å². The maximum Gasteiger partial charge on any atom is 0.128 e. The Morgan fingerprint density at radius 2 is 2.06 bits per heavy atom. The van der Waals surface area contributed by atoms with Crippen LogP contribution in [0, 0.1) is 0 Å². The van der Waals surface area contributed by atoms with Gasteiger partial charge >= 0.3 is 0 Å². The van der Waals surface area contributed by atoms with E-state index in [1.54, 1.807) is 0 Å². The van der Waals surface area contributed by atoms with Crippen LogP contribution in [0.4, 0.5) is 5.82 Å². The normalized spacial score (nSPS) is 10.9. The molecule has 1 aromatic heterocycles. The number of pyridine rings is 1. The van der Waals surface area contributed by atoms with Gasteiger partial charge in [-0.3, -0.25) is 0 Å². The van der Waals surface area contributed by atoms with Gasteiger partial charge < -0.3 is 10.2 Å². The molecule has 16 heavy (non-hydrogen) atoms. The van der Waals surface area contributed by atoms with Crippen molar-refractivity contribution in [3.8, 4) is 0 Å². The molecule has 1 heterocycles. The quantitative estimate of drug-likeness (QED) is 0.827. The molecule has 0 unspecified atom stereocenters. The molecule has 1 N–H and O–H groups in total. The van der Waals surface area contributed by atoms with Crippen LogP contribution < -0.4 is 10.2 Å². The SMILES string of the molecule is CCN(C)c1cc(CNC)cc(C(C)C)n1. The summed E-state index contributed by atoms with van der Waals surface area (Å²) in [5.74, 6) is 1.54. The van der Waals surface area contributed by atoms with Gasteiger partial charge in [0.2, 0.25) is 0 Å². The molecule has 3 nitrogen and oxygen atoms in total. The minimum Gasteiger partial charge on any atom is -0.360 e. The van der Waals surface area contributed by atoms with Crippen LogP contribution in [0.5, 0.6) is 0 Å². The van der Waals surface area contributed by atoms with E-state index in [4.69, 9.17) is 0 Å². The van der Waals surface area contributed by atoms with E-state index in [9.17, 15) is 0 Å². The minimum atomic E-state index is 0.473. The second-order valence-electron chi connectivity index (χ2n) is 4.46. The van der Waals surface area contributed by atoms with E-state index in [0.29, 0.717) is 5.92 Å². The zero-order chi connectivity index (χ0) is 12.1. The molecule has 3 heteroatoms. The van der Waals surface area contributed by atoms with Gasteiger partial charge in [-0.15, -0.1) is 0 Å². The Bertz CT molecular complexity index is 334. The molecule has 0 bridgehead atoms. The standard InChI is InChI=1S/C13H23N3/c1-6-16(5)13-8-11(9-14-4)7-12(15-13)10(2)3/h7-8,10,14H,6,9H2,1-5H3. The lowest BCUT2D eigenvalue weighted by Gasteiger charge is -2.19. The molecule has 0 atom stereocenters. The van der Waals surface area contributed by atoms with Crippen LogP contribution >= 0.6 is 0 Å². The van der Waals surface area contributed by atoms with Gasteiger partial charge in [0, 0.05) is 25.8 Å². The highest BCUT2D eigenvalue weighted by atomic mass is 15.2. The Kier molecular flexibility index (Phi) is 4.74. The van der Waals surface area contributed by atoms with E-state index in [0.717, 1.165) is 18.9 Å². The number of anilines is 1. The molecule has 0 aliphatic carbocycles. The molecule has 0 fully saturated rings. The number of hydrogen-bond donors (Lipinski definition) is 1. The van der Waals surface area contributed by atoms with Crippen LogP contribution in [-0.4, -0.2) is 25.6 Å². The fourth-order valence-electron chi connectivity index (χ4n) is 1.55. The van der Waals surface area contributed by atoms with Crippen LogP contribution in [0.15, 0.2) is 12.1 Å². The largest absolute Gasteiger partial charge is 0.360 e. The number of nitrogens with zero attached hydrogens (tertiary/aromatic N) is 2. The summed E-state index contributed by atoms with van der Waals surface area (Å²) in [6, 6.07) is 4.35. The molecule has 0 spiro atoms. The van der Waals surface area contributed by atoms with Crippen molar-refractivity contribution in [2.24, 2.45) is 0 Å². The molecule has 0 aliphatic heterocycles. The summed E-state index contributed by atoms with van der Waals surface area (Å²) in [6.07, 6.45) is 0. The van der Waals surface area contributed by atoms with Crippen molar-refractivity contribution < 1.29 is 0 Å². The first-order chi connectivity index (χ1) is 7.58. The molecule has 0 saturated carbocycles. The molecule has 0 amide bonds. The fraction of sp³-hybridized carbons (Fsp3) is 0.615.